The van der Waals surface area contributed by atoms with E-state index in [4.69, 9.17) is 10.00 Å². The molecule has 29 heavy (non-hydrogen) atoms. The van der Waals surface area contributed by atoms with Crippen LogP contribution in [0.4, 0.5) is 4.39 Å². The van der Waals surface area contributed by atoms with Gasteiger partial charge in [0.2, 0.25) is 0 Å². The molecule has 1 fully saturated rings. The topological polar surface area (TPSA) is 50.1 Å². The van der Waals surface area contributed by atoms with Crippen molar-refractivity contribution in [3.63, 3.8) is 0 Å². The van der Waals surface area contributed by atoms with Crippen LogP contribution in [0.25, 0.3) is 0 Å². The third-order valence-corrected chi connectivity index (χ3v) is 5.55. The molecule has 1 aliphatic carbocycles. The summed E-state index contributed by atoms with van der Waals surface area (Å²) in [6.07, 6.45) is 15.2. The number of ether oxygens (including phenoxy) is 1. The smallest absolute Gasteiger partial charge is 0.338 e. The number of carbonyl (C=O) groups is 1. The second-order valence-corrected chi connectivity index (χ2v) is 7.83. The number of aryl methyl sites for hydroxylation is 1. The Balaban J connectivity index is 1.68. The van der Waals surface area contributed by atoms with E-state index in [2.05, 4.69) is 6.92 Å². The summed E-state index contributed by atoms with van der Waals surface area (Å²) in [5, 5.41) is 8.34. The van der Waals surface area contributed by atoms with Crippen molar-refractivity contribution < 1.29 is 13.9 Å². The van der Waals surface area contributed by atoms with E-state index < -0.39 is 5.83 Å². The second kappa shape index (κ2) is 12.9. The summed E-state index contributed by atoms with van der Waals surface area (Å²) in [4.78, 5) is 12.4. The molecule has 0 N–H and O–H groups in total. The molecule has 0 bridgehead atoms. The van der Waals surface area contributed by atoms with E-state index in [1.807, 2.05) is 30.3 Å². The molecule has 1 aliphatic rings. The first-order chi connectivity index (χ1) is 14.1. The third kappa shape index (κ3) is 8.64. The van der Waals surface area contributed by atoms with E-state index in [9.17, 15) is 9.18 Å². The van der Waals surface area contributed by atoms with Crippen molar-refractivity contribution in [1.29, 1.82) is 5.26 Å². The van der Waals surface area contributed by atoms with Gasteiger partial charge in [0.25, 0.3) is 0 Å². The Morgan fingerprint density at radius 2 is 1.93 bits per heavy atom. The molecule has 3 nitrogen and oxygen atoms in total. The Bertz CT molecular complexity index is 722. The van der Waals surface area contributed by atoms with Gasteiger partial charge in [-0.05, 0) is 81.1 Å². The zero-order chi connectivity index (χ0) is 20.9. The van der Waals surface area contributed by atoms with Gasteiger partial charge in [0.05, 0.1) is 5.56 Å². The van der Waals surface area contributed by atoms with Crippen LogP contribution in [-0.4, -0.2) is 12.1 Å². The fourth-order valence-corrected chi connectivity index (χ4v) is 3.76. The first-order valence-corrected chi connectivity index (χ1v) is 10.8. The van der Waals surface area contributed by atoms with Gasteiger partial charge in [0.15, 0.2) is 5.83 Å². The molecule has 0 radical (unpaired) electrons. The summed E-state index contributed by atoms with van der Waals surface area (Å²) in [5.41, 5.74) is 1.91. The zero-order valence-electron chi connectivity index (χ0n) is 17.4. The summed E-state index contributed by atoms with van der Waals surface area (Å²) in [6, 6.07) is 9.28. The van der Waals surface area contributed by atoms with Gasteiger partial charge in [-0.15, -0.1) is 0 Å². The molecule has 0 aromatic heterocycles. The average Bonchev–Trinajstić information content (AvgIpc) is 2.75. The molecule has 0 amide bonds. The van der Waals surface area contributed by atoms with Crippen molar-refractivity contribution in [3.8, 4) is 6.07 Å². The van der Waals surface area contributed by atoms with Gasteiger partial charge < -0.3 is 4.74 Å². The van der Waals surface area contributed by atoms with Crippen molar-refractivity contribution >= 4 is 5.97 Å². The monoisotopic (exact) mass is 397 g/mol. The van der Waals surface area contributed by atoms with Crippen molar-refractivity contribution in [3.05, 3.63) is 59.4 Å². The molecule has 1 saturated carbocycles. The van der Waals surface area contributed by atoms with E-state index in [-0.39, 0.29) is 12.1 Å². The summed E-state index contributed by atoms with van der Waals surface area (Å²) in [5.74, 6) is -0.376. The first-order valence-electron chi connectivity index (χ1n) is 10.8. The van der Waals surface area contributed by atoms with Crippen LogP contribution in [0.1, 0.15) is 80.6 Å². The van der Waals surface area contributed by atoms with Crippen molar-refractivity contribution in [2.45, 2.75) is 77.2 Å². The molecule has 0 spiro atoms. The molecule has 156 valence electrons. The van der Waals surface area contributed by atoms with Gasteiger partial charge in [-0.1, -0.05) is 44.1 Å². The SMILES string of the molecule is CCCCCc1ccc(C(=O)OC2CCC(CCC=CC=C(F)C#N)CC2)cc1. The quantitative estimate of drug-likeness (QED) is 0.188. The van der Waals surface area contributed by atoms with E-state index in [0.29, 0.717) is 11.5 Å². The van der Waals surface area contributed by atoms with Crippen LogP contribution in [0, 0.1) is 17.2 Å². The summed E-state index contributed by atoms with van der Waals surface area (Å²) in [7, 11) is 0. The molecule has 4 heteroatoms. The second-order valence-electron chi connectivity index (χ2n) is 7.83. The normalized spacial score (nSPS) is 19.8. The van der Waals surface area contributed by atoms with E-state index >= 15 is 0 Å². The van der Waals surface area contributed by atoms with Crippen molar-refractivity contribution in [1.82, 2.24) is 0 Å². The molecule has 1 aromatic rings. The highest BCUT2D eigenvalue weighted by Gasteiger charge is 2.24. The number of allylic oxidation sites excluding steroid dienone is 4. The van der Waals surface area contributed by atoms with Crippen molar-refractivity contribution in [2.75, 3.05) is 0 Å². The van der Waals surface area contributed by atoms with Crippen LogP contribution < -0.4 is 0 Å². The van der Waals surface area contributed by atoms with Gasteiger partial charge in [-0.2, -0.15) is 9.65 Å². The van der Waals surface area contributed by atoms with E-state index in [1.54, 1.807) is 6.08 Å². The molecule has 2 rings (SSSR count). The number of hydrogen-bond donors (Lipinski definition) is 0. The minimum atomic E-state index is -0.769. The largest absolute Gasteiger partial charge is 0.459 e. The van der Waals surface area contributed by atoms with Gasteiger partial charge >= 0.3 is 5.97 Å². The number of nitriles is 1. The highest BCUT2D eigenvalue weighted by atomic mass is 19.1. The van der Waals surface area contributed by atoms with Crippen LogP contribution in [0.5, 0.6) is 0 Å². The number of unbranched alkanes of at least 4 members (excludes halogenated alkanes) is 2. The lowest BCUT2D eigenvalue weighted by atomic mass is 9.84. The fraction of sp³-hybridized carbons (Fsp3) is 0.520. The Kier molecular flexibility index (Phi) is 10.2. The highest BCUT2D eigenvalue weighted by Crippen LogP contribution is 2.30. The summed E-state index contributed by atoms with van der Waals surface area (Å²) >= 11 is 0. The number of halogens is 1. The predicted octanol–water partition coefficient (Wildman–Crippen LogP) is 6.85. The highest BCUT2D eigenvalue weighted by molar-refractivity contribution is 5.89. The Morgan fingerprint density at radius 1 is 1.21 bits per heavy atom. The molecular formula is C25H32FNO2. The molecule has 1 aromatic carbocycles. The number of benzene rings is 1. The predicted molar refractivity (Wildman–Crippen MR) is 114 cm³/mol. The van der Waals surface area contributed by atoms with Gasteiger partial charge in [0.1, 0.15) is 12.2 Å². The van der Waals surface area contributed by atoms with E-state index in [0.717, 1.165) is 44.9 Å². The van der Waals surface area contributed by atoms with Crippen LogP contribution in [0.2, 0.25) is 0 Å². The zero-order valence-corrected chi connectivity index (χ0v) is 17.4. The minimum absolute atomic E-state index is 0.00572. The number of esters is 1. The number of nitrogens with zero attached hydrogens (tertiary/aromatic N) is 1. The van der Waals surface area contributed by atoms with Gasteiger partial charge in [-0.25, -0.2) is 4.79 Å². The van der Waals surface area contributed by atoms with Gasteiger partial charge in [0, 0.05) is 0 Å². The Hall–Kier alpha value is -2.41. The molecule has 0 saturated heterocycles. The molecule has 0 unspecified atom stereocenters. The maximum Gasteiger partial charge on any atom is 0.338 e. The Morgan fingerprint density at radius 3 is 2.59 bits per heavy atom. The molecule has 0 atom stereocenters. The van der Waals surface area contributed by atoms with Gasteiger partial charge in [-0.3, -0.25) is 0 Å². The van der Waals surface area contributed by atoms with Crippen LogP contribution in [0.15, 0.2) is 48.3 Å². The van der Waals surface area contributed by atoms with Crippen LogP contribution >= 0.6 is 0 Å². The minimum Gasteiger partial charge on any atom is -0.459 e. The van der Waals surface area contributed by atoms with Crippen LogP contribution in [-0.2, 0) is 11.2 Å². The number of carbonyl (C=O) groups excluding carboxylic acids is 1. The molecule has 0 aliphatic heterocycles. The lowest BCUT2D eigenvalue weighted by Gasteiger charge is -2.28. The lowest BCUT2D eigenvalue weighted by Crippen LogP contribution is -2.24. The molecular weight excluding hydrogens is 365 g/mol. The van der Waals surface area contributed by atoms with Crippen LogP contribution in [0.3, 0.4) is 0 Å². The first kappa shape index (κ1) is 22.9. The summed E-state index contributed by atoms with van der Waals surface area (Å²) < 4.78 is 18.4. The maximum absolute atomic E-state index is 12.7. The van der Waals surface area contributed by atoms with E-state index in [1.165, 1.54) is 37.0 Å². The third-order valence-electron chi connectivity index (χ3n) is 5.55. The molecule has 0 heterocycles. The fourth-order valence-electron chi connectivity index (χ4n) is 3.76. The standard InChI is InChI=1S/C25H32FNO2/c1-2-3-5-8-20-11-15-22(16-12-20)25(28)29-24-17-13-21(14-18-24)9-6-4-7-10-23(26)19-27/h4,7,10-12,15-16,21,24H,2-3,5-6,8-9,13-14,17-18H2,1H3. The summed E-state index contributed by atoms with van der Waals surface area (Å²) in [6.45, 7) is 2.20. The number of rotatable bonds is 10. The lowest BCUT2D eigenvalue weighted by molar-refractivity contribution is 0.0162. The Labute approximate surface area is 174 Å². The maximum atomic E-state index is 12.7. The average molecular weight is 398 g/mol. The number of hydrogen-bond acceptors (Lipinski definition) is 3. The van der Waals surface area contributed by atoms with Crippen molar-refractivity contribution in [2.24, 2.45) is 5.92 Å².